The van der Waals surface area contributed by atoms with Gasteiger partial charge < -0.3 is 5.11 Å². The van der Waals surface area contributed by atoms with Crippen molar-refractivity contribution in [2.45, 2.75) is 25.2 Å². The van der Waals surface area contributed by atoms with E-state index in [2.05, 4.69) is 5.10 Å². The molecule has 1 aromatic rings. The summed E-state index contributed by atoms with van der Waals surface area (Å²) in [7, 11) is -2.03. The van der Waals surface area contributed by atoms with Crippen molar-refractivity contribution in [3.63, 3.8) is 0 Å². The van der Waals surface area contributed by atoms with Crippen molar-refractivity contribution >= 4 is 16.0 Å². The maximum Gasteiger partial charge on any atom is 0.307 e. The van der Waals surface area contributed by atoms with Crippen molar-refractivity contribution in [3.05, 3.63) is 11.9 Å². The number of sulfonamides is 1. The predicted molar refractivity (Wildman–Crippen MR) is 71.6 cm³/mol. The number of hydrogen-bond donors (Lipinski definition) is 1. The molecule has 112 valence electrons. The number of carboxylic acids is 1. The molecule has 0 aliphatic carbocycles. The van der Waals surface area contributed by atoms with Gasteiger partial charge in [0.25, 0.3) is 0 Å². The van der Waals surface area contributed by atoms with E-state index < -0.39 is 21.9 Å². The highest BCUT2D eigenvalue weighted by molar-refractivity contribution is 7.89. The van der Waals surface area contributed by atoms with E-state index in [0.29, 0.717) is 18.7 Å². The van der Waals surface area contributed by atoms with E-state index in [-0.39, 0.29) is 17.4 Å². The summed E-state index contributed by atoms with van der Waals surface area (Å²) in [5.74, 6) is -1.57. The molecular weight excluding hydrogens is 282 g/mol. The molecule has 1 N–H and O–H groups in total. The summed E-state index contributed by atoms with van der Waals surface area (Å²) < 4.78 is 27.9. The number of rotatable bonds is 3. The molecule has 1 fully saturated rings. The molecular formula is C12H19N3O4S. The standard InChI is InChI=1S/C12H19N3O4S/c1-8-4-10(12(16)17)6-15(5-8)20(18,19)11-7-14(3)13-9(11)2/h7-8,10H,4-6H2,1-3H3,(H,16,17). The first-order valence-corrected chi connectivity index (χ1v) is 7.89. The molecule has 0 spiro atoms. The first kappa shape index (κ1) is 15.0. The lowest BCUT2D eigenvalue weighted by atomic mass is 9.92. The summed E-state index contributed by atoms with van der Waals surface area (Å²) >= 11 is 0. The number of carbonyl (C=O) groups is 1. The molecule has 1 aliphatic rings. The fourth-order valence-corrected chi connectivity index (χ4v) is 4.45. The van der Waals surface area contributed by atoms with Gasteiger partial charge in [0.05, 0.1) is 11.6 Å². The number of nitrogens with zero attached hydrogens (tertiary/aromatic N) is 3. The van der Waals surface area contributed by atoms with Gasteiger partial charge in [-0.2, -0.15) is 9.40 Å². The van der Waals surface area contributed by atoms with Crippen LogP contribution in [-0.2, 0) is 21.9 Å². The molecule has 0 saturated carbocycles. The first-order chi connectivity index (χ1) is 9.21. The normalized spacial score (nSPS) is 24.8. The lowest BCUT2D eigenvalue weighted by Crippen LogP contribution is -2.45. The molecule has 0 radical (unpaired) electrons. The second kappa shape index (κ2) is 5.17. The highest BCUT2D eigenvalue weighted by Gasteiger charge is 2.37. The largest absolute Gasteiger partial charge is 0.481 e. The van der Waals surface area contributed by atoms with E-state index in [1.54, 1.807) is 14.0 Å². The Balaban J connectivity index is 2.34. The number of aliphatic carboxylic acids is 1. The molecule has 0 amide bonds. The van der Waals surface area contributed by atoms with Gasteiger partial charge in [-0.1, -0.05) is 6.92 Å². The van der Waals surface area contributed by atoms with Gasteiger partial charge in [0.2, 0.25) is 10.0 Å². The van der Waals surface area contributed by atoms with Crippen molar-refractivity contribution < 1.29 is 18.3 Å². The number of hydrogen-bond acceptors (Lipinski definition) is 4. The highest BCUT2D eigenvalue weighted by atomic mass is 32.2. The highest BCUT2D eigenvalue weighted by Crippen LogP contribution is 2.28. The molecule has 1 aromatic heterocycles. The summed E-state index contributed by atoms with van der Waals surface area (Å²) in [5.41, 5.74) is 0.428. The SMILES string of the molecule is Cc1nn(C)cc1S(=O)(=O)N1CC(C)CC(C(=O)O)C1. The van der Waals surface area contributed by atoms with Crippen LogP contribution in [0.1, 0.15) is 19.0 Å². The Morgan fingerprint density at radius 2 is 2.10 bits per heavy atom. The Kier molecular flexibility index (Phi) is 3.88. The summed E-state index contributed by atoms with van der Waals surface area (Å²) in [4.78, 5) is 11.3. The minimum Gasteiger partial charge on any atom is -0.481 e. The van der Waals surface area contributed by atoms with Gasteiger partial charge in [0.1, 0.15) is 4.90 Å². The van der Waals surface area contributed by atoms with Gasteiger partial charge in [0.15, 0.2) is 0 Å². The van der Waals surface area contributed by atoms with E-state index >= 15 is 0 Å². The van der Waals surface area contributed by atoms with Crippen LogP contribution >= 0.6 is 0 Å². The molecule has 1 saturated heterocycles. The second-order valence-corrected chi connectivity index (χ2v) is 7.36. The van der Waals surface area contributed by atoms with Gasteiger partial charge >= 0.3 is 5.97 Å². The van der Waals surface area contributed by atoms with E-state index in [1.807, 2.05) is 6.92 Å². The summed E-state index contributed by atoms with van der Waals surface area (Å²) in [6.07, 6.45) is 1.97. The number of aryl methyl sites for hydroxylation is 2. The number of aromatic nitrogens is 2. The van der Waals surface area contributed by atoms with Crippen LogP contribution in [0.15, 0.2) is 11.1 Å². The molecule has 2 rings (SSSR count). The summed E-state index contributed by atoms with van der Waals surface area (Å²) in [6, 6.07) is 0. The van der Waals surface area contributed by atoms with Gasteiger partial charge in [-0.3, -0.25) is 9.48 Å². The Morgan fingerprint density at radius 3 is 2.60 bits per heavy atom. The van der Waals surface area contributed by atoms with Crippen LogP contribution in [0.3, 0.4) is 0 Å². The monoisotopic (exact) mass is 301 g/mol. The zero-order chi connectivity index (χ0) is 15.1. The summed E-state index contributed by atoms with van der Waals surface area (Å²) in [5, 5.41) is 13.2. The van der Waals surface area contributed by atoms with Crippen molar-refractivity contribution in [2.24, 2.45) is 18.9 Å². The first-order valence-electron chi connectivity index (χ1n) is 6.45. The molecule has 2 heterocycles. The molecule has 7 nitrogen and oxygen atoms in total. The number of piperidine rings is 1. The third-order valence-electron chi connectivity index (χ3n) is 3.56. The van der Waals surface area contributed by atoms with E-state index in [0.717, 1.165) is 0 Å². The van der Waals surface area contributed by atoms with Crippen LogP contribution in [0, 0.1) is 18.8 Å². The van der Waals surface area contributed by atoms with Crippen molar-refractivity contribution in [3.8, 4) is 0 Å². The van der Waals surface area contributed by atoms with Gasteiger partial charge in [0, 0.05) is 26.3 Å². The number of carboxylic acid groups (broad SMARTS) is 1. The molecule has 8 heteroatoms. The zero-order valence-corrected chi connectivity index (χ0v) is 12.6. The molecule has 2 atom stereocenters. The van der Waals surface area contributed by atoms with Crippen molar-refractivity contribution in [1.82, 2.24) is 14.1 Å². The predicted octanol–water partition coefficient (Wildman–Crippen LogP) is 0.460. The van der Waals surface area contributed by atoms with E-state index in [1.165, 1.54) is 15.2 Å². The van der Waals surface area contributed by atoms with Gasteiger partial charge in [-0.05, 0) is 19.3 Å². The average Bonchev–Trinajstić information content (AvgIpc) is 2.68. The van der Waals surface area contributed by atoms with Crippen LogP contribution in [0.5, 0.6) is 0 Å². The smallest absolute Gasteiger partial charge is 0.307 e. The zero-order valence-electron chi connectivity index (χ0n) is 11.8. The van der Waals surface area contributed by atoms with E-state index in [9.17, 15) is 13.2 Å². The second-order valence-electron chi connectivity index (χ2n) is 5.45. The van der Waals surface area contributed by atoms with Crippen molar-refractivity contribution in [2.75, 3.05) is 13.1 Å². The molecule has 20 heavy (non-hydrogen) atoms. The maximum atomic E-state index is 12.6. The minimum atomic E-state index is -3.68. The fraction of sp³-hybridized carbons (Fsp3) is 0.667. The van der Waals surface area contributed by atoms with Crippen LogP contribution in [0.2, 0.25) is 0 Å². The van der Waals surface area contributed by atoms with Gasteiger partial charge in [-0.15, -0.1) is 0 Å². The summed E-state index contributed by atoms with van der Waals surface area (Å²) in [6.45, 7) is 3.87. The van der Waals surface area contributed by atoms with Crippen LogP contribution in [-0.4, -0.2) is 46.7 Å². The quantitative estimate of drug-likeness (QED) is 0.875. The van der Waals surface area contributed by atoms with Gasteiger partial charge in [-0.25, -0.2) is 8.42 Å². The fourth-order valence-electron chi connectivity index (χ4n) is 2.65. The van der Waals surface area contributed by atoms with Crippen LogP contribution < -0.4 is 0 Å². The maximum absolute atomic E-state index is 12.6. The third-order valence-corrected chi connectivity index (χ3v) is 5.50. The topological polar surface area (TPSA) is 92.5 Å². The molecule has 0 bridgehead atoms. The Labute approximate surface area is 118 Å². The van der Waals surface area contributed by atoms with E-state index in [4.69, 9.17) is 5.11 Å². The Morgan fingerprint density at radius 1 is 1.45 bits per heavy atom. The average molecular weight is 301 g/mol. The molecule has 2 unspecified atom stereocenters. The van der Waals surface area contributed by atoms with Crippen molar-refractivity contribution in [1.29, 1.82) is 0 Å². The minimum absolute atomic E-state index is 0.0241. The lowest BCUT2D eigenvalue weighted by Gasteiger charge is -2.33. The lowest BCUT2D eigenvalue weighted by molar-refractivity contribution is -0.143. The Bertz CT molecular complexity index is 623. The molecule has 0 aromatic carbocycles. The van der Waals surface area contributed by atoms with Crippen LogP contribution in [0.25, 0.3) is 0 Å². The molecule has 1 aliphatic heterocycles. The van der Waals surface area contributed by atoms with Crippen LogP contribution in [0.4, 0.5) is 0 Å². The Hall–Kier alpha value is -1.41. The third kappa shape index (κ3) is 2.71.